The Morgan fingerprint density at radius 1 is 1.23 bits per heavy atom. The molecule has 2 N–H and O–H groups in total. The Morgan fingerprint density at radius 3 is 2.54 bits per heavy atom. The standard InChI is InChI=1S/C18H15BrN2O5/c1-8-4-14-16(18(22)25-8)15(10(7-20)17(21)26-14)9-5-11(19)13(24-3)6-12(9)23-2/h4-6,15H,21H2,1-3H3. The highest BCUT2D eigenvalue weighted by Gasteiger charge is 2.36. The van der Waals surface area contributed by atoms with Crippen LogP contribution in [-0.2, 0) is 0 Å². The van der Waals surface area contributed by atoms with Crippen molar-refractivity contribution < 1.29 is 18.6 Å². The zero-order valence-corrected chi connectivity index (χ0v) is 15.8. The molecule has 3 rings (SSSR count). The number of nitrogens with two attached hydrogens (primary N) is 1. The van der Waals surface area contributed by atoms with Gasteiger partial charge >= 0.3 is 5.63 Å². The second kappa shape index (κ2) is 6.77. The first-order valence-electron chi connectivity index (χ1n) is 7.54. The number of nitriles is 1. The van der Waals surface area contributed by atoms with Crippen LogP contribution in [0.4, 0.5) is 0 Å². The normalized spacial score (nSPS) is 15.7. The summed E-state index contributed by atoms with van der Waals surface area (Å²) >= 11 is 3.42. The fraction of sp³-hybridized carbons (Fsp3) is 0.222. The van der Waals surface area contributed by atoms with Gasteiger partial charge in [-0.2, -0.15) is 5.26 Å². The highest BCUT2D eigenvalue weighted by atomic mass is 79.9. The average Bonchev–Trinajstić information content (AvgIpc) is 2.60. The summed E-state index contributed by atoms with van der Waals surface area (Å²) in [5.74, 6) is 0.757. The summed E-state index contributed by atoms with van der Waals surface area (Å²) in [4.78, 5) is 12.5. The maximum atomic E-state index is 12.5. The number of ether oxygens (including phenoxy) is 3. The van der Waals surface area contributed by atoms with Gasteiger partial charge in [-0.05, 0) is 28.9 Å². The van der Waals surface area contributed by atoms with Crippen molar-refractivity contribution in [2.75, 3.05) is 14.2 Å². The minimum Gasteiger partial charge on any atom is -0.496 e. The third-order valence-electron chi connectivity index (χ3n) is 4.07. The minimum atomic E-state index is -0.794. The monoisotopic (exact) mass is 418 g/mol. The van der Waals surface area contributed by atoms with Gasteiger partial charge in [0, 0.05) is 17.7 Å². The van der Waals surface area contributed by atoms with Gasteiger partial charge in [0.05, 0.1) is 30.2 Å². The maximum Gasteiger partial charge on any atom is 0.343 e. The molecule has 0 amide bonds. The van der Waals surface area contributed by atoms with Crippen molar-refractivity contribution in [3.05, 3.63) is 61.4 Å². The largest absolute Gasteiger partial charge is 0.496 e. The van der Waals surface area contributed by atoms with Crippen LogP contribution in [0.1, 0.15) is 22.8 Å². The molecule has 26 heavy (non-hydrogen) atoms. The van der Waals surface area contributed by atoms with Crippen LogP contribution in [0.3, 0.4) is 0 Å². The van der Waals surface area contributed by atoms with E-state index in [-0.39, 0.29) is 22.8 Å². The molecule has 1 atom stereocenters. The van der Waals surface area contributed by atoms with Crippen LogP contribution in [0.25, 0.3) is 0 Å². The molecule has 2 aromatic rings. The van der Waals surface area contributed by atoms with E-state index in [0.717, 1.165) is 0 Å². The van der Waals surface area contributed by atoms with Crippen LogP contribution in [0.15, 0.2) is 43.3 Å². The number of fused-ring (bicyclic) bond motifs is 1. The number of allylic oxidation sites excluding steroid dienone is 1. The molecule has 1 aliphatic rings. The predicted octanol–water partition coefficient (Wildman–Crippen LogP) is 2.95. The van der Waals surface area contributed by atoms with Gasteiger partial charge in [-0.15, -0.1) is 0 Å². The van der Waals surface area contributed by atoms with Gasteiger partial charge in [0.25, 0.3) is 0 Å². The molecule has 1 aliphatic heterocycles. The highest BCUT2D eigenvalue weighted by Crippen LogP contribution is 2.46. The first-order valence-corrected chi connectivity index (χ1v) is 8.34. The first-order chi connectivity index (χ1) is 12.4. The third-order valence-corrected chi connectivity index (χ3v) is 4.69. The summed E-state index contributed by atoms with van der Waals surface area (Å²) in [7, 11) is 3.02. The molecule has 7 nitrogen and oxygen atoms in total. The van der Waals surface area contributed by atoms with Gasteiger partial charge in [-0.25, -0.2) is 4.79 Å². The van der Waals surface area contributed by atoms with E-state index in [1.54, 1.807) is 25.1 Å². The van der Waals surface area contributed by atoms with E-state index in [1.807, 2.05) is 6.07 Å². The first kappa shape index (κ1) is 17.9. The molecule has 8 heteroatoms. The van der Waals surface area contributed by atoms with E-state index in [1.165, 1.54) is 14.2 Å². The lowest BCUT2D eigenvalue weighted by atomic mass is 9.84. The minimum absolute atomic E-state index is 0.0657. The molecule has 2 heterocycles. The van der Waals surface area contributed by atoms with Crippen LogP contribution in [0, 0.1) is 18.3 Å². The number of benzene rings is 1. The SMILES string of the molecule is COc1cc(OC)c(C2C(C#N)=C(N)Oc3cc(C)oc(=O)c32)cc1Br. The summed E-state index contributed by atoms with van der Waals surface area (Å²) in [6.07, 6.45) is 0. The third kappa shape index (κ3) is 2.80. The van der Waals surface area contributed by atoms with Crippen molar-refractivity contribution in [1.82, 2.24) is 0 Å². The molecule has 1 aromatic carbocycles. The molecule has 1 aromatic heterocycles. The molecular weight excluding hydrogens is 404 g/mol. The fourth-order valence-corrected chi connectivity index (χ4v) is 3.46. The van der Waals surface area contributed by atoms with E-state index in [2.05, 4.69) is 15.9 Å². The van der Waals surface area contributed by atoms with Gasteiger partial charge in [-0.3, -0.25) is 0 Å². The van der Waals surface area contributed by atoms with Gasteiger partial charge in [0.15, 0.2) is 0 Å². The second-order valence-electron chi connectivity index (χ2n) is 5.58. The predicted molar refractivity (Wildman–Crippen MR) is 96.3 cm³/mol. The van der Waals surface area contributed by atoms with Crippen molar-refractivity contribution in [3.8, 4) is 23.3 Å². The van der Waals surface area contributed by atoms with Crippen LogP contribution in [-0.4, -0.2) is 14.2 Å². The van der Waals surface area contributed by atoms with Gasteiger partial charge in [0.2, 0.25) is 5.88 Å². The molecule has 0 bridgehead atoms. The van der Waals surface area contributed by atoms with Crippen molar-refractivity contribution in [1.29, 1.82) is 5.26 Å². The zero-order valence-electron chi connectivity index (χ0n) is 14.3. The number of hydrogen-bond donors (Lipinski definition) is 1. The number of hydrogen-bond acceptors (Lipinski definition) is 7. The Morgan fingerprint density at radius 2 is 1.92 bits per heavy atom. The van der Waals surface area contributed by atoms with Crippen LogP contribution in [0.2, 0.25) is 0 Å². The Kier molecular flexibility index (Phi) is 4.66. The fourth-order valence-electron chi connectivity index (χ4n) is 2.94. The molecule has 0 aliphatic carbocycles. The van der Waals surface area contributed by atoms with Crippen molar-refractivity contribution in [2.45, 2.75) is 12.8 Å². The summed E-state index contributed by atoms with van der Waals surface area (Å²) in [5, 5.41) is 9.62. The van der Waals surface area contributed by atoms with E-state index < -0.39 is 11.5 Å². The van der Waals surface area contributed by atoms with Gasteiger partial charge in [-0.1, -0.05) is 0 Å². The number of halogens is 1. The molecule has 0 fully saturated rings. The summed E-state index contributed by atoms with van der Waals surface area (Å²) in [5.41, 5.74) is 6.19. The van der Waals surface area contributed by atoms with Crippen LogP contribution >= 0.6 is 15.9 Å². The van der Waals surface area contributed by atoms with Crippen LogP contribution in [0.5, 0.6) is 17.2 Å². The molecule has 0 spiro atoms. The smallest absolute Gasteiger partial charge is 0.343 e. The van der Waals surface area contributed by atoms with E-state index in [4.69, 9.17) is 24.4 Å². The molecule has 0 saturated carbocycles. The molecular formula is C18H15BrN2O5. The lowest BCUT2D eigenvalue weighted by Gasteiger charge is -2.26. The van der Waals surface area contributed by atoms with Crippen molar-refractivity contribution >= 4 is 15.9 Å². The summed E-state index contributed by atoms with van der Waals surface area (Å²) < 4.78 is 22.1. The van der Waals surface area contributed by atoms with E-state index in [9.17, 15) is 10.1 Å². The highest BCUT2D eigenvalue weighted by molar-refractivity contribution is 9.10. The molecule has 0 radical (unpaired) electrons. The van der Waals surface area contributed by atoms with E-state index in [0.29, 0.717) is 27.3 Å². The Hall–Kier alpha value is -2.92. The van der Waals surface area contributed by atoms with Crippen molar-refractivity contribution in [3.63, 3.8) is 0 Å². The zero-order chi connectivity index (χ0) is 19.0. The Bertz CT molecular complexity index is 1020. The number of methoxy groups -OCH3 is 2. The number of rotatable bonds is 3. The lowest BCUT2D eigenvalue weighted by Crippen LogP contribution is -2.26. The molecule has 134 valence electrons. The Labute approximate surface area is 157 Å². The average molecular weight is 419 g/mol. The topological polar surface area (TPSA) is 108 Å². The summed E-state index contributed by atoms with van der Waals surface area (Å²) in [6, 6.07) is 6.98. The van der Waals surface area contributed by atoms with Crippen molar-refractivity contribution in [2.24, 2.45) is 5.73 Å². The van der Waals surface area contributed by atoms with Gasteiger partial charge in [0.1, 0.15) is 34.7 Å². The lowest BCUT2D eigenvalue weighted by molar-refractivity contribution is 0.366. The number of aryl methyl sites for hydroxylation is 1. The van der Waals surface area contributed by atoms with Crippen LogP contribution < -0.4 is 25.6 Å². The quantitative estimate of drug-likeness (QED) is 0.815. The molecule has 0 saturated heterocycles. The van der Waals surface area contributed by atoms with E-state index >= 15 is 0 Å². The van der Waals surface area contributed by atoms with Gasteiger partial charge < -0.3 is 24.4 Å². The Balaban J connectivity index is 2.36. The molecule has 1 unspecified atom stereocenters. The maximum absolute atomic E-state index is 12.5. The summed E-state index contributed by atoms with van der Waals surface area (Å²) in [6.45, 7) is 1.63. The number of nitrogens with zero attached hydrogens (tertiary/aromatic N) is 1. The second-order valence-corrected chi connectivity index (χ2v) is 6.43.